The lowest BCUT2D eigenvalue weighted by Gasteiger charge is -2.16. The van der Waals surface area contributed by atoms with Gasteiger partial charge in [0.2, 0.25) is 5.91 Å². The van der Waals surface area contributed by atoms with Crippen molar-refractivity contribution < 1.29 is 14.5 Å². The van der Waals surface area contributed by atoms with Crippen LogP contribution in [0.5, 0.6) is 0 Å². The fraction of sp³-hybridized carbons (Fsp3) is 0.462. The zero-order valence-corrected chi connectivity index (χ0v) is 12.2. The number of nitrogens with two attached hydrogens (primary N) is 1. The van der Waals surface area contributed by atoms with Gasteiger partial charge in [-0.3, -0.25) is 14.9 Å². The summed E-state index contributed by atoms with van der Waals surface area (Å²) in [6.45, 7) is 2.57. The van der Waals surface area contributed by atoms with Crippen LogP contribution in [0.2, 0.25) is 0 Å². The van der Waals surface area contributed by atoms with Crippen LogP contribution in [0.15, 0.2) is 18.2 Å². The van der Waals surface area contributed by atoms with Crippen LogP contribution in [0.1, 0.15) is 10.4 Å². The average molecular weight is 296 g/mol. The summed E-state index contributed by atoms with van der Waals surface area (Å²) in [4.78, 5) is 23.6. The van der Waals surface area contributed by atoms with Crippen LogP contribution in [0.25, 0.3) is 0 Å². The quantitative estimate of drug-likeness (QED) is 0.512. The molecule has 0 fully saturated rings. The molecule has 0 radical (unpaired) electrons. The molecule has 0 aliphatic carbocycles. The number of carbonyl (C=O) groups is 1. The van der Waals surface area contributed by atoms with Crippen LogP contribution in [-0.2, 0) is 4.74 Å². The number of benzene rings is 1. The number of nitrogens with one attached hydrogen (secondary N) is 1. The smallest absolute Gasteiger partial charge is 0.292 e. The largest absolute Gasteiger partial charge is 0.383 e. The number of primary amides is 1. The lowest BCUT2D eigenvalue weighted by molar-refractivity contribution is -0.384. The van der Waals surface area contributed by atoms with Crippen LogP contribution in [-0.4, -0.2) is 56.1 Å². The van der Waals surface area contributed by atoms with Crippen LogP contribution >= 0.6 is 0 Å². The summed E-state index contributed by atoms with van der Waals surface area (Å²) in [5, 5.41) is 13.9. The number of rotatable bonds is 9. The highest BCUT2D eigenvalue weighted by Crippen LogP contribution is 2.25. The van der Waals surface area contributed by atoms with E-state index in [1.807, 2.05) is 11.9 Å². The van der Waals surface area contributed by atoms with Gasteiger partial charge in [0.1, 0.15) is 5.69 Å². The van der Waals surface area contributed by atoms with Crippen molar-refractivity contribution in [1.29, 1.82) is 0 Å². The molecule has 0 unspecified atom stereocenters. The Morgan fingerprint density at radius 1 is 1.48 bits per heavy atom. The van der Waals surface area contributed by atoms with Crippen LogP contribution < -0.4 is 11.1 Å². The number of amides is 1. The van der Waals surface area contributed by atoms with E-state index in [-0.39, 0.29) is 16.9 Å². The van der Waals surface area contributed by atoms with Gasteiger partial charge in [0.25, 0.3) is 5.69 Å². The molecule has 0 heterocycles. The first kappa shape index (κ1) is 16.9. The van der Waals surface area contributed by atoms with E-state index in [0.717, 1.165) is 6.54 Å². The molecule has 0 saturated carbocycles. The maximum absolute atomic E-state index is 11.1. The molecule has 8 nitrogen and oxygen atoms in total. The van der Waals surface area contributed by atoms with Crippen molar-refractivity contribution >= 4 is 17.3 Å². The maximum atomic E-state index is 11.1. The highest BCUT2D eigenvalue weighted by molar-refractivity contribution is 5.94. The molecular weight excluding hydrogens is 276 g/mol. The third kappa shape index (κ3) is 5.36. The van der Waals surface area contributed by atoms with E-state index in [2.05, 4.69) is 5.32 Å². The standard InChI is InChI=1S/C13H20N4O4/c1-16(7-8-21-2)6-5-15-11-9-10(13(14)18)3-4-12(11)17(19)20/h3-4,9,15H,5-8H2,1-2H3,(H2,14,18). The van der Waals surface area contributed by atoms with Crippen molar-refractivity contribution in [3.8, 4) is 0 Å². The van der Waals surface area contributed by atoms with Gasteiger partial charge in [-0.05, 0) is 19.2 Å². The predicted molar refractivity (Wildman–Crippen MR) is 79.5 cm³/mol. The summed E-state index contributed by atoms with van der Waals surface area (Å²) in [6, 6.07) is 4.02. The number of nitro benzene ring substituents is 1. The third-order valence-electron chi connectivity index (χ3n) is 2.96. The molecule has 0 bridgehead atoms. The predicted octanol–water partition coefficient (Wildman–Crippen LogP) is 0.684. The molecule has 8 heteroatoms. The van der Waals surface area contributed by atoms with E-state index >= 15 is 0 Å². The van der Waals surface area contributed by atoms with E-state index < -0.39 is 10.8 Å². The van der Waals surface area contributed by atoms with Crippen molar-refractivity contribution in [1.82, 2.24) is 4.90 Å². The fourth-order valence-corrected chi connectivity index (χ4v) is 1.73. The van der Waals surface area contributed by atoms with Gasteiger partial charge >= 0.3 is 0 Å². The molecule has 21 heavy (non-hydrogen) atoms. The van der Waals surface area contributed by atoms with Gasteiger partial charge in [-0.25, -0.2) is 0 Å². The Bertz CT molecular complexity index is 507. The Balaban J connectivity index is 2.69. The average Bonchev–Trinajstić information content (AvgIpc) is 2.44. The molecular formula is C13H20N4O4. The number of nitro groups is 1. The molecule has 1 amide bonds. The number of hydrogen-bond donors (Lipinski definition) is 2. The van der Waals surface area contributed by atoms with Gasteiger partial charge < -0.3 is 20.7 Å². The number of nitrogens with zero attached hydrogens (tertiary/aromatic N) is 2. The van der Waals surface area contributed by atoms with Crippen LogP contribution in [0.3, 0.4) is 0 Å². The summed E-state index contributed by atoms with van der Waals surface area (Å²) in [5.74, 6) is -0.620. The van der Waals surface area contributed by atoms with Gasteiger partial charge in [0.05, 0.1) is 11.5 Å². The first-order valence-corrected chi connectivity index (χ1v) is 6.45. The fourth-order valence-electron chi connectivity index (χ4n) is 1.73. The van der Waals surface area contributed by atoms with Gasteiger partial charge in [-0.2, -0.15) is 0 Å². The molecule has 1 aromatic carbocycles. The number of hydrogen-bond acceptors (Lipinski definition) is 6. The minimum atomic E-state index is -0.620. The molecule has 116 valence electrons. The number of carbonyl (C=O) groups excluding carboxylic acids is 1. The van der Waals surface area contributed by atoms with E-state index in [1.165, 1.54) is 18.2 Å². The molecule has 0 aliphatic heterocycles. The Morgan fingerprint density at radius 3 is 2.76 bits per heavy atom. The second-order valence-corrected chi connectivity index (χ2v) is 4.58. The van der Waals surface area contributed by atoms with Gasteiger partial charge in [-0.1, -0.05) is 0 Å². The second-order valence-electron chi connectivity index (χ2n) is 4.58. The van der Waals surface area contributed by atoms with Crippen molar-refractivity contribution in [2.75, 3.05) is 45.7 Å². The molecule has 0 saturated heterocycles. The summed E-state index contributed by atoms with van der Waals surface area (Å²) in [7, 11) is 3.56. The highest BCUT2D eigenvalue weighted by atomic mass is 16.6. The Labute approximate surface area is 123 Å². The van der Waals surface area contributed by atoms with Gasteiger partial charge in [0.15, 0.2) is 0 Å². The molecule has 0 aliphatic rings. The van der Waals surface area contributed by atoms with Crippen molar-refractivity contribution in [3.05, 3.63) is 33.9 Å². The molecule has 0 aromatic heterocycles. The molecule has 0 spiro atoms. The van der Waals surface area contributed by atoms with Crippen LogP contribution in [0.4, 0.5) is 11.4 Å². The van der Waals surface area contributed by atoms with E-state index in [9.17, 15) is 14.9 Å². The SMILES string of the molecule is COCCN(C)CCNc1cc(C(N)=O)ccc1[N+](=O)[O-]. The number of anilines is 1. The van der Waals surface area contributed by atoms with Crippen molar-refractivity contribution in [3.63, 3.8) is 0 Å². The zero-order valence-electron chi connectivity index (χ0n) is 12.2. The molecule has 1 rings (SSSR count). The summed E-state index contributed by atoms with van der Waals surface area (Å²) in [5.41, 5.74) is 5.62. The number of methoxy groups -OCH3 is 1. The third-order valence-corrected chi connectivity index (χ3v) is 2.96. The lowest BCUT2D eigenvalue weighted by atomic mass is 10.1. The van der Waals surface area contributed by atoms with Gasteiger partial charge in [-0.15, -0.1) is 0 Å². The van der Waals surface area contributed by atoms with E-state index in [4.69, 9.17) is 10.5 Å². The Morgan fingerprint density at radius 2 is 2.19 bits per heavy atom. The molecule has 1 aromatic rings. The Hall–Kier alpha value is -2.19. The normalized spacial score (nSPS) is 10.6. The summed E-state index contributed by atoms with van der Waals surface area (Å²) >= 11 is 0. The second kappa shape index (κ2) is 8.18. The zero-order chi connectivity index (χ0) is 15.8. The summed E-state index contributed by atoms with van der Waals surface area (Å²) in [6.07, 6.45) is 0. The molecule has 3 N–H and O–H groups in total. The van der Waals surface area contributed by atoms with Crippen molar-refractivity contribution in [2.24, 2.45) is 5.73 Å². The topological polar surface area (TPSA) is 111 Å². The minimum absolute atomic E-state index is 0.0838. The minimum Gasteiger partial charge on any atom is -0.383 e. The summed E-state index contributed by atoms with van der Waals surface area (Å²) < 4.78 is 4.97. The molecule has 0 atom stereocenters. The highest BCUT2D eigenvalue weighted by Gasteiger charge is 2.15. The van der Waals surface area contributed by atoms with E-state index in [0.29, 0.717) is 19.7 Å². The van der Waals surface area contributed by atoms with E-state index in [1.54, 1.807) is 7.11 Å². The number of likely N-dealkylation sites (N-methyl/N-ethyl adjacent to an activating group) is 1. The maximum Gasteiger partial charge on any atom is 0.292 e. The lowest BCUT2D eigenvalue weighted by Crippen LogP contribution is -2.28. The first-order chi connectivity index (χ1) is 9.95. The monoisotopic (exact) mass is 296 g/mol. The van der Waals surface area contributed by atoms with Crippen LogP contribution in [0, 0.1) is 10.1 Å². The van der Waals surface area contributed by atoms with Crippen molar-refractivity contribution in [2.45, 2.75) is 0 Å². The van der Waals surface area contributed by atoms with Gasteiger partial charge in [0, 0.05) is 38.4 Å². The Kier molecular flexibility index (Phi) is 6.57. The first-order valence-electron chi connectivity index (χ1n) is 6.45. The number of ether oxygens (including phenoxy) is 1.